The second-order valence-corrected chi connectivity index (χ2v) is 9.10. The van der Waals surface area contributed by atoms with Gasteiger partial charge in [0, 0.05) is 34.4 Å². The van der Waals surface area contributed by atoms with Crippen LogP contribution in [0.25, 0.3) is 0 Å². The molecular formula is C19H19BrN2O4S. The Labute approximate surface area is 166 Å². The molecule has 1 atom stereocenters. The average molecular weight is 451 g/mol. The van der Waals surface area contributed by atoms with Gasteiger partial charge >= 0.3 is 0 Å². The van der Waals surface area contributed by atoms with Gasteiger partial charge in [-0.15, -0.1) is 0 Å². The fourth-order valence-electron chi connectivity index (χ4n) is 3.32. The summed E-state index contributed by atoms with van der Waals surface area (Å²) < 4.78 is 28.8. The molecule has 0 aromatic heterocycles. The maximum absolute atomic E-state index is 12.9. The lowest BCUT2D eigenvalue weighted by molar-refractivity contribution is -0.116. The van der Waals surface area contributed by atoms with Gasteiger partial charge in [0.1, 0.15) is 4.90 Å². The second kappa shape index (κ2) is 7.09. The maximum atomic E-state index is 12.9. The van der Waals surface area contributed by atoms with Gasteiger partial charge in [0.15, 0.2) is 5.78 Å². The van der Waals surface area contributed by atoms with Gasteiger partial charge in [-0.25, -0.2) is 8.42 Å². The van der Waals surface area contributed by atoms with Crippen molar-refractivity contribution in [2.45, 2.75) is 38.1 Å². The Hall–Kier alpha value is -2.19. The summed E-state index contributed by atoms with van der Waals surface area (Å²) in [6.45, 7) is 4.81. The molecule has 0 saturated carbocycles. The van der Waals surface area contributed by atoms with Gasteiger partial charge in [-0.05, 0) is 66.0 Å². The minimum Gasteiger partial charge on any atom is -0.309 e. The standard InChI is InChI=1S/C19H19BrN2O4S/c1-11-7-15-9-17(20)19(10-18(15)22(11)13(3)24)27(25,26)21-16-6-4-5-14(8-16)12(2)23/h4-6,8-11,21H,7H2,1-3H3/t11-/m0/s1. The number of hydrogen-bond donors (Lipinski definition) is 1. The van der Waals surface area contributed by atoms with Crippen LogP contribution in [0.5, 0.6) is 0 Å². The van der Waals surface area contributed by atoms with Gasteiger partial charge in [-0.3, -0.25) is 14.3 Å². The predicted octanol–water partition coefficient (Wildman–Crippen LogP) is 3.75. The van der Waals surface area contributed by atoms with E-state index in [1.807, 2.05) is 6.92 Å². The molecule has 1 heterocycles. The van der Waals surface area contributed by atoms with Crippen LogP contribution in [0.1, 0.15) is 36.7 Å². The lowest BCUT2D eigenvalue weighted by Crippen LogP contribution is -2.33. The highest BCUT2D eigenvalue weighted by Crippen LogP contribution is 2.38. The number of nitrogens with zero attached hydrogens (tertiary/aromatic N) is 1. The van der Waals surface area contributed by atoms with E-state index in [9.17, 15) is 18.0 Å². The van der Waals surface area contributed by atoms with Gasteiger partial charge in [0.25, 0.3) is 10.0 Å². The fraction of sp³-hybridized carbons (Fsp3) is 0.263. The van der Waals surface area contributed by atoms with Crippen LogP contribution in [0.2, 0.25) is 0 Å². The largest absolute Gasteiger partial charge is 0.309 e. The van der Waals surface area contributed by atoms with Crippen molar-refractivity contribution in [3.63, 3.8) is 0 Å². The molecule has 1 aliphatic heterocycles. The first-order valence-electron chi connectivity index (χ1n) is 8.36. The van der Waals surface area contributed by atoms with E-state index >= 15 is 0 Å². The molecule has 8 heteroatoms. The summed E-state index contributed by atoms with van der Waals surface area (Å²) in [7, 11) is -3.92. The number of nitrogens with one attached hydrogen (secondary N) is 1. The van der Waals surface area contributed by atoms with Crippen molar-refractivity contribution in [2.24, 2.45) is 0 Å². The number of halogens is 1. The highest BCUT2D eigenvalue weighted by atomic mass is 79.9. The third-order valence-corrected chi connectivity index (χ3v) is 6.84. The quantitative estimate of drug-likeness (QED) is 0.718. The normalized spacial score (nSPS) is 16.1. The molecule has 2 aromatic carbocycles. The van der Waals surface area contributed by atoms with Crippen LogP contribution in [0, 0.1) is 0 Å². The molecule has 1 amide bonds. The Bertz CT molecular complexity index is 1050. The van der Waals surface area contributed by atoms with Crippen molar-refractivity contribution in [3.8, 4) is 0 Å². The maximum Gasteiger partial charge on any atom is 0.263 e. The highest BCUT2D eigenvalue weighted by molar-refractivity contribution is 9.10. The molecule has 0 aliphatic carbocycles. The SMILES string of the molecule is CC(=O)c1cccc(NS(=O)(=O)c2cc3c(cc2Br)C[C@H](C)N3C(C)=O)c1. The number of Topliss-reactive ketones (excluding diaryl/α,β-unsaturated/α-hetero) is 1. The number of hydrogen-bond acceptors (Lipinski definition) is 4. The Balaban J connectivity index is 2.02. The number of amides is 1. The van der Waals surface area contributed by atoms with Gasteiger partial charge in [-0.1, -0.05) is 12.1 Å². The zero-order valence-electron chi connectivity index (χ0n) is 15.1. The monoisotopic (exact) mass is 450 g/mol. The van der Waals surface area contributed by atoms with Gasteiger partial charge in [-0.2, -0.15) is 0 Å². The predicted molar refractivity (Wildman–Crippen MR) is 108 cm³/mol. The van der Waals surface area contributed by atoms with E-state index in [4.69, 9.17) is 0 Å². The van der Waals surface area contributed by atoms with E-state index in [1.54, 1.807) is 29.2 Å². The first-order chi connectivity index (χ1) is 12.6. The molecule has 0 bridgehead atoms. The van der Waals surface area contributed by atoms with Crippen molar-refractivity contribution in [1.82, 2.24) is 0 Å². The topological polar surface area (TPSA) is 83.6 Å². The number of fused-ring (bicyclic) bond motifs is 1. The molecule has 1 aliphatic rings. The highest BCUT2D eigenvalue weighted by Gasteiger charge is 2.32. The third kappa shape index (κ3) is 3.77. The Morgan fingerprint density at radius 3 is 2.52 bits per heavy atom. The van der Waals surface area contributed by atoms with Gasteiger partial charge in [0.05, 0.1) is 0 Å². The molecular weight excluding hydrogens is 432 g/mol. The number of rotatable bonds is 4. The second-order valence-electron chi connectivity index (χ2n) is 6.60. The van der Waals surface area contributed by atoms with Crippen molar-refractivity contribution in [1.29, 1.82) is 0 Å². The number of sulfonamides is 1. The molecule has 27 heavy (non-hydrogen) atoms. The number of benzene rings is 2. The molecule has 0 saturated heterocycles. The first kappa shape index (κ1) is 19.6. The van der Waals surface area contributed by atoms with E-state index < -0.39 is 10.0 Å². The third-order valence-electron chi connectivity index (χ3n) is 4.50. The Morgan fingerprint density at radius 1 is 1.19 bits per heavy atom. The lowest BCUT2D eigenvalue weighted by atomic mass is 10.1. The number of carbonyl (C=O) groups excluding carboxylic acids is 2. The van der Waals surface area contributed by atoms with Crippen molar-refractivity contribution < 1.29 is 18.0 Å². The molecule has 0 unspecified atom stereocenters. The molecule has 0 spiro atoms. The Kier molecular flexibility index (Phi) is 5.14. The van der Waals surface area contributed by atoms with Crippen LogP contribution in [0.4, 0.5) is 11.4 Å². The molecule has 3 rings (SSSR count). The summed E-state index contributed by atoms with van der Waals surface area (Å²) in [6, 6.07) is 9.54. The van der Waals surface area contributed by atoms with Crippen LogP contribution in [0.3, 0.4) is 0 Å². The van der Waals surface area contributed by atoms with Crippen LogP contribution in [0.15, 0.2) is 45.8 Å². The first-order valence-corrected chi connectivity index (χ1v) is 10.6. The molecule has 0 fully saturated rings. The minimum atomic E-state index is -3.92. The zero-order chi connectivity index (χ0) is 19.9. The molecule has 2 aromatic rings. The van der Waals surface area contributed by atoms with Crippen LogP contribution >= 0.6 is 15.9 Å². The van der Waals surface area contributed by atoms with Crippen molar-refractivity contribution >= 4 is 49.0 Å². The van der Waals surface area contributed by atoms with Crippen LogP contribution < -0.4 is 9.62 Å². The fourth-order valence-corrected chi connectivity index (χ4v) is 5.48. The Morgan fingerprint density at radius 2 is 1.89 bits per heavy atom. The minimum absolute atomic E-state index is 0.0254. The van der Waals surface area contributed by atoms with Crippen LogP contribution in [-0.2, 0) is 21.2 Å². The molecule has 6 nitrogen and oxygen atoms in total. The van der Waals surface area contributed by atoms with Gasteiger partial charge < -0.3 is 4.90 Å². The van der Waals surface area contributed by atoms with Crippen molar-refractivity contribution in [3.05, 3.63) is 52.0 Å². The smallest absolute Gasteiger partial charge is 0.263 e. The summed E-state index contributed by atoms with van der Waals surface area (Å²) in [6.07, 6.45) is 0.669. The van der Waals surface area contributed by atoms with E-state index in [0.29, 0.717) is 27.8 Å². The summed E-state index contributed by atoms with van der Waals surface area (Å²) in [4.78, 5) is 25.1. The lowest BCUT2D eigenvalue weighted by Gasteiger charge is -2.21. The molecule has 142 valence electrons. The van der Waals surface area contributed by atoms with E-state index in [-0.39, 0.29) is 22.6 Å². The number of anilines is 2. The molecule has 1 N–H and O–H groups in total. The van der Waals surface area contributed by atoms with Crippen molar-refractivity contribution in [2.75, 3.05) is 9.62 Å². The summed E-state index contributed by atoms with van der Waals surface area (Å²) >= 11 is 3.34. The number of ketones is 1. The van der Waals surface area contributed by atoms with E-state index in [0.717, 1.165) is 5.56 Å². The summed E-state index contributed by atoms with van der Waals surface area (Å²) in [5.41, 5.74) is 2.24. The molecule has 0 radical (unpaired) electrons. The summed E-state index contributed by atoms with van der Waals surface area (Å²) in [5, 5.41) is 0. The number of carbonyl (C=O) groups is 2. The zero-order valence-corrected chi connectivity index (χ0v) is 17.5. The van der Waals surface area contributed by atoms with Crippen LogP contribution in [-0.4, -0.2) is 26.2 Å². The van der Waals surface area contributed by atoms with E-state index in [1.165, 1.54) is 26.0 Å². The average Bonchev–Trinajstić information content (AvgIpc) is 2.88. The summed E-state index contributed by atoms with van der Waals surface area (Å²) in [5.74, 6) is -0.283. The van der Waals surface area contributed by atoms with E-state index in [2.05, 4.69) is 20.7 Å². The van der Waals surface area contributed by atoms with Gasteiger partial charge in [0.2, 0.25) is 5.91 Å².